The molecule has 0 amide bonds. The van der Waals surface area contributed by atoms with Gasteiger partial charge in [-0.1, -0.05) is 12.1 Å². The highest BCUT2D eigenvalue weighted by molar-refractivity contribution is 7.89. The smallest absolute Gasteiger partial charge is 0.238 e. The first-order valence-electron chi connectivity index (χ1n) is 8.27. The summed E-state index contributed by atoms with van der Waals surface area (Å²) in [6.45, 7) is 1.40. The van der Waals surface area contributed by atoms with Crippen LogP contribution in [0.5, 0.6) is 11.5 Å². The minimum atomic E-state index is -3.83. The molecule has 2 N–H and O–H groups in total. The first-order valence-corrected chi connectivity index (χ1v) is 9.81. The molecule has 0 spiro atoms. The molecule has 0 radical (unpaired) electrons. The van der Waals surface area contributed by atoms with Gasteiger partial charge in [-0.15, -0.1) is 0 Å². The van der Waals surface area contributed by atoms with Gasteiger partial charge in [-0.25, -0.2) is 22.3 Å². The van der Waals surface area contributed by atoms with E-state index >= 15 is 0 Å². The molecule has 3 aromatic rings. The van der Waals surface area contributed by atoms with Crippen LogP contribution in [0.15, 0.2) is 53.4 Å². The lowest BCUT2D eigenvalue weighted by atomic mass is 9.93. The standard InChI is InChI=1S/C20H15F2NO4S/c1-11-17(21)6-13(7-18(11)22)16-9-20-19(26-10-27-20)8-15(16)12-2-4-14(5-3-12)28(23,24)25/h2-9H,10H2,1H3,(H2,23,24,25). The second-order valence-electron chi connectivity index (χ2n) is 6.39. The van der Waals surface area contributed by atoms with E-state index in [9.17, 15) is 17.2 Å². The van der Waals surface area contributed by atoms with Crippen LogP contribution in [-0.4, -0.2) is 15.2 Å². The van der Waals surface area contributed by atoms with Gasteiger partial charge in [0.1, 0.15) is 11.6 Å². The van der Waals surface area contributed by atoms with Crippen molar-refractivity contribution in [2.45, 2.75) is 11.8 Å². The minimum Gasteiger partial charge on any atom is -0.454 e. The molecule has 0 saturated carbocycles. The minimum absolute atomic E-state index is 0.0361. The van der Waals surface area contributed by atoms with Crippen LogP contribution < -0.4 is 14.6 Å². The summed E-state index contributed by atoms with van der Waals surface area (Å²) in [5, 5.41) is 5.14. The lowest BCUT2D eigenvalue weighted by Crippen LogP contribution is -2.11. The number of rotatable bonds is 3. The average molecular weight is 403 g/mol. The Morgan fingerprint density at radius 3 is 1.86 bits per heavy atom. The number of ether oxygens (including phenoxy) is 2. The number of primary sulfonamides is 1. The summed E-state index contributed by atoms with van der Waals surface area (Å²) >= 11 is 0. The van der Waals surface area contributed by atoms with Gasteiger partial charge in [0.25, 0.3) is 0 Å². The van der Waals surface area contributed by atoms with Gasteiger partial charge < -0.3 is 9.47 Å². The van der Waals surface area contributed by atoms with Crippen molar-refractivity contribution in [3.63, 3.8) is 0 Å². The number of halogens is 2. The molecule has 1 heterocycles. The molecule has 3 aromatic carbocycles. The Morgan fingerprint density at radius 2 is 1.36 bits per heavy atom. The summed E-state index contributed by atoms with van der Waals surface area (Å²) in [6.07, 6.45) is 0. The second kappa shape index (κ2) is 6.57. The lowest BCUT2D eigenvalue weighted by molar-refractivity contribution is 0.174. The predicted molar refractivity (Wildman–Crippen MR) is 99.5 cm³/mol. The van der Waals surface area contributed by atoms with Gasteiger partial charge in [0.2, 0.25) is 16.8 Å². The molecular formula is C20H15F2NO4S. The summed E-state index contributed by atoms with van der Waals surface area (Å²) in [5.74, 6) is -0.380. The highest BCUT2D eigenvalue weighted by atomic mass is 32.2. The van der Waals surface area contributed by atoms with E-state index in [4.69, 9.17) is 14.6 Å². The van der Waals surface area contributed by atoms with Gasteiger partial charge >= 0.3 is 0 Å². The van der Waals surface area contributed by atoms with Crippen LogP contribution in [0.2, 0.25) is 0 Å². The molecule has 0 unspecified atom stereocenters. The van der Waals surface area contributed by atoms with Crippen molar-refractivity contribution in [3.05, 3.63) is 65.7 Å². The zero-order valence-electron chi connectivity index (χ0n) is 14.7. The van der Waals surface area contributed by atoms with Crippen LogP contribution in [0.4, 0.5) is 8.78 Å². The molecule has 0 aliphatic carbocycles. The van der Waals surface area contributed by atoms with Crippen LogP contribution >= 0.6 is 0 Å². The molecule has 28 heavy (non-hydrogen) atoms. The molecule has 8 heteroatoms. The Kier molecular flexibility index (Phi) is 4.32. The average Bonchev–Trinajstić information content (AvgIpc) is 3.11. The molecule has 1 aliphatic heterocycles. The van der Waals surface area contributed by atoms with Crippen molar-refractivity contribution in [2.24, 2.45) is 5.14 Å². The summed E-state index contributed by atoms with van der Waals surface area (Å²) in [7, 11) is -3.83. The van der Waals surface area contributed by atoms with Gasteiger partial charge in [0.05, 0.1) is 4.90 Å². The van der Waals surface area contributed by atoms with Crippen molar-refractivity contribution in [2.75, 3.05) is 6.79 Å². The number of benzene rings is 3. The summed E-state index contributed by atoms with van der Waals surface area (Å²) in [5.41, 5.74) is 2.01. The molecule has 0 atom stereocenters. The highest BCUT2D eigenvalue weighted by Crippen LogP contribution is 2.43. The van der Waals surface area contributed by atoms with E-state index in [0.717, 1.165) is 0 Å². The van der Waals surface area contributed by atoms with E-state index in [2.05, 4.69) is 0 Å². The van der Waals surface area contributed by atoms with Gasteiger partial charge in [0, 0.05) is 5.56 Å². The predicted octanol–water partition coefficient (Wildman–Crippen LogP) is 3.98. The zero-order chi connectivity index (χ0) is 20.1. The van der Waals surface area contributed by atoms with E-state index in [1.165, 1.54) is 31.2 Å². The van der Waals surface area contributed by atoms with Crippen molar-refractivity contribution in [1.29, 1.82) is 0 Å². The van der Waals surface area contributed by atoms with E-state index in [0.29, 0.717) is 33.8 Å². The van der Waals surface area contributed by atoms with Gasteiger partial charge in [0.15, 0.2) is 11.5 Å². The number of fused-ring (bicyclic) bond motifs is 1. The van der Waals surface area contributed by atoms with Crippen molar-refractivity contribution < 1.29 is 26.7 Å². The largest absolute Gasteiger partial charge is 0.454 e. The fourth-order valence-corrected chi connectivity index (χ4v) is 3.56. The van der Waals surface area contributed by atoms with Crippen molar-refractivity contribution >= 4 is 10.0 Å². The molecule has 5 nitrogen and oxygen atoms in total. The third kappa shape index (κ3) is 3.21. The number of sulfonamides is 1. The van der Waals surface area contributed by atoms with Crippen LogP contribution in [0.1, 0.15) is 5.56 Å². The van der Waals surface area contributed by atoms with E-state index < -0.39 is 21.7 Å². The molecule has 0 bridgehead atoms. The number of hydrogen-bond acceptors (Lipinski definition) is 4. The number of hydrogen-bond donors (Lipinski definition) is 1. The zero-order valence-corrected chi connectivity index (χ0v) is 15.5. The summed E-state index contributed by atoms with van der Waals surface area (Å²) in [6, 6.07) is 11.7. The van der Waals surface area contributed by atoms with Crippen LogP contribution in [0.25, 0.3) is 22.3 Å². The first kappa shape index (κ1) is 18.4. The fourth-order valence-electron chi connectivity index (χ4n) is 3.04. The molecule has 0 saturated heterocycles. The normalized spacial score (nSPS) is 13.0. The van der Waals surface area contributed by atoms with E-state index in [1.807, 2.05) is 0 Å². The summed E-state index contributed by atoms with van der Waals surface area (Å²) < 4.78 is 62.1. The maximum absolute atomic E-state index is 14.1. The SMILES string of the molecule is Cc1c(F)cc(-c2cc3c(cc2-c2ccc(S(N)(=O)=O)cc2)OCO3)cc1F. The lowest BCUT2D eigenvalue weighted by Gasteiger charge is -2.13. The monoisotopic (exact) mass is 403 g/mol. The Labute approximate surface area is 160 Å². The summed E-state index contributed by atoms with van der Waals surface area (Å²) in [4.78, 5) is -0.0361. The van der Waals surface area contributed by atoms with Crippen molar-refractivity contribution in [1.82, 2.24) is 0 Å². The Balaban J connectivity index is 1.92. The molecule has 0 aromatic heterocycles. The maximum Gasteiger partial charge on any atom is 0.238 e. The van der Waals surface area contributed by atoms with Crippen LogP contribution in [0.3, 0.4) is 0 Å². The second-order valence-corrected chi connectivity index (χ2v) is 7.95. The molecule has 0 fully saturated rings. The number of nitrogens with two attached hydrogens (primary N) is 1. The quantitative estimate of drug-likeness (QED) is 0.717. The van der Waals surface area contributed by atoms with E-state index in [1.54, 1.807) is 24.3 Å². The Bertz CT molecular complexity index is 1170. The van der Waals surface area contributed by atoms with Gasteiger partial charge in [-0.2, -0.15) is 0 Å². The highest BCUT2D eigenvalue weighted by Gasteiger charge is 2.21. The Morgan fingerprint density at radius 1 is 0.857 bits per heavy atom. The van der Waals surface area contributed by atoms with E-state index in [-0.39, 0.29) is 17.3 Å². The maximum atomic E-state index is 14.1. The molecular weight excluding hydrogens is 388 g/mol. The fraction of sp³-hybridized carbons (Fsp3) is 0.100. The Hall–Kier alpha value is -2.97. The van der Waals surface area contributed by atoms with Crippen LogP contribution in [0, 0.1) is 18.6 Å². The van der Waals surface area contributed by atoms with Crippen molar-refractivity contribution in [3.8, 4) is 33.8 Å². The molecule has 144 valence electrons. The molecule has 1 aliphatic rings. The topological polar surface area (TPSA) is 78.6 Å². The molecule has 4 rings (SSSR count). The van der Waals surface area contributed by atoms with Crippen LogP contribution in [-0.2, 0) is 10.0 Å². The van der Waals surface area contributed by atoms with Gasteiger partial charge in [-0.05, 0) is 65.6 Å². The first-order chi connectivity index (χ1) is 13.2. The third-order valence-corrected chi connectivity index (χ3v) is 5.53. The third-order valence-electron chi connectivity index (χ3n) is 4.60. The van der Waals surface area contributed by atoms with Gasteiger partial charge in [-0.3, -0.25) is 0 Å².